The highest BCUT2D eigenvalue weighted by atomic mass is 16.4. The maximum absolute atomic E-state index is 13.3. The van der Waals surface area contributed by atoms with Gasteiger partial charge in [0.2, 0.25) is 23.6 Å². The molecule has 0 fully saturated rings. The molecule has 0 saturated carbocycles. The van der Waals surface area contributed by atoms with Gasteiger partial charge in [0.05, 0.1) is 6.04 Å². The molecule has 0 aliphatic carbocycles. The molecular weight excluding hydrogens is 508 g/mol. The number of nitrogens with one attached hydrogen (secondary N) is 3. The zero-order chi connectivity index (χ0) is 29.5. The van der Waals surface area contributed by atoms with E-state index in [1.54, 1.807) is 44.2 Å². The lowest BCUT2D eigenvalue weighted by molar-refractivity contribution is -0.142. The molecule has 4 unspecified atom stereocenters. The number of hydrogen-bond donors (Lipinski definition) is 8. The number of benzene rings is 1. The van der Waals surface area contributed by atoms with Gasteiger partial charge in [0.25, 0.3) is 0 Å². The number of aliphatic imine (C=N–C) groups is 1. The molecule has 0 bridgehead atoms. The number of nitrogens with two attached hydrogens (primary N) is 4. The number of rotatable bonds is 17. The molecule has 14 heteroatoms. The third-order valence-electron chi connectivity index (χ3n) is 5.81. The van der Waals surface area contributed by atoms with Crippen molar-refractivity contribution in [1.29, 1.82) is 0 Å². The minimum atomic E-state index is -1.31. The Morgan fingerprint density at radius 3 is 1.95 bits per heavy atom. The van der Waals surface area contributed by atoms with E-state index in [0.29, 0.717) is 0 Å². The fourth-order valence-electron chi connectivity index (χ4n) is 3.49. The summed E-state index contributed by atoms with van der Waals surface area (Å²) in [7, 11) is 0. The van der Waals surface area contributed by atoms with Crippen molar-refractivity contribution in [3.8, 4) is 0 Å². The fraction of sp³-hybridized carbons (Fsp3) is 0.520. The minimum absolute atomic E-state index is 0.00805. The predicted molar refractivity (Wildman–Crippen MR) is 145 cm³/mol. The van der Waals surface area contributed by atoms with E-state index in [-0.39, 0.29) is 50.5 Å². The Morgan fingerprint density at radius 1 is 0.846 bits per heavy atom. The van der Waals surface area contributed by atoms with Gasteiger partial charge in [0, 0.05) is 19.4 Å². The lowest BCUT2D eigenvalue weighted by Crippen LogP contribution is -2.58. The maximum Gasteiger partial charge on any atom is 0.326 e. The summed E-state index contributed by atoms with van der Waals surface area (Å²) < 4.78 is 0. The number of carboxylic acids is 1. The van der Waals surface area contributed by atoms with Crippen LogP contribution in [0, 0.1) is 5.92 Å². The van der Waals surface area contributed by atoms with Crippen LogP contribution in [0.2, 0.25) is 0 Å². The smallest absolute Gasteiger partial charge is 0.326 e. The Labute approximate surface area is 227 Å². The average Bonchev–Trinajstić information content (AvgIpc) is 2.87. The molecular formula is C25H40N8O6. The van der Waals surface area contributed by atoms with Crippen LogP contribution in [0.4, 0.5) is 0 Å². The molecule has 12 N–H and O–H groups in total. The van der Waals surface area contributed by atoms with Gasteiger partial charge in [-0.2, -0.15) is 0 Å². The molecule has 14 nitrogen and oxygen atoms in total. The van der Waals surface area contributed by atoms with E-state index in [9.17, 15) is 29.1 Å². The van der Waals surface area contributed by atoms with Gasteiger partial charge in [-0.1, -0.05) is 44.2 Å². The molecule has 0 aliphatic heterocycles. The van der Waals surface area contributed by atoms with Gasteiger partial charge in [-0.3, -0.25) is 24.2 Å². The maximum atomic E-state index is 13.3. The summed E-state index contributed by atoms with van der Waals surface area (Å²) in [6.07, 6.45) is -0.0852. The van der Waals surface area contributed by atoms with E-state index in [1.807, 2.05) is 0 Å². The third kappa shape index (κ3) is 12.7. The Kier molecular flexibility index (Phi) is 14.0. The van der Waals surface area contributed by atoms with Gasteiger partial charge in [-0.15, -0.1) is 0 Å². The first-order valence-corrected chi connectivity index (χ1v) is 12.6. The topological polar surface area (TPSA) is 258 Å². The van der Waals surface area contributed by atoms with E-state index >= 15 is 0 Å². The van der Waals surface area contributed by atoms with E-state index in [2.05, 4.69) is 20.9 Å². The first-order valence-electron chi connectivity index (χ1n) is 12.6. The van der Waals surface area contributed by atoms with Crippen LogP contribution in [0.5, 0.6) is 0 Å². The fourth-order valence-corrected chi connectivity index (χ4v) is 3.49. The van der Waals surface area contributed by atoms with Gasteiger partial charge in [-0.25, -0.2) is 4.79 Å². The van der Waals surface area contributed by atoms with E-state index in [4.69, 9.17) is 22.9 Å². The van der Waals surface area contributed by atoms with Gasteiger partial charge in [0.15, 0.2) is 5.96 Å². The van der Waals surface area contributed by atoms with E-state index < -0.39 is 53.8 Å². The molecule has 0 aromatic heterocycles. The summed E-state index contributed by atoms with van der Waals surface area (Å²) >= 11 is 0. The normalized spacial score (nSPS) is 13.8. The average molecular weight is 549 g/mol. The van der Waals surface area contributed by atoms with Gasteiger partial charge >= 0.3 is 5.97 Å². The number of primary amides is 1. The molecule has 39 heavy (non-hydrogen) atoms. The number of amides is 4. The van der Waals surface area contributed by atoms with Crippen molar-refractivity contribution in [2.75, 3.05) is 6.54 Å². The predicted octanol–water partition coefficient (Wildman–Crippen LogP) is -1.93. The first kappa shape index (κ1) is 32.8. The molecule has 0 saturated heterocycles. The van der Waals surface area contributed by atoms with Crippen LogP contribution >= 0.6 is 0 Å². The zero-order valence-electron chi connectivity index (χ0n) is 22.3. The van der Waals surface area contributed by atoms with Crippen LogP contribution < -0.4 is 38.9 Å². The van der Waals surface area contributed by atoms with E-state index in [0.717, 1.165) is 5.56 Å². The zero-order valence-corrected chi connectivity index (χ0v) is 22.3. The van der Waals surface area contributed by atoms with Crippen LogP contribution in [0.1, 0.15) is 45.1 Å². The number of nitrogens with zero attached hydrogens (tertiary/aromatic N) is 1. The Morgan fingerprint density at radius 2 is 1.41 bits per heavy atom. The lowest BCUT2D eigenvalue weighted by Gasteiger charge is -2.26. The van der Waals surface area contributed by atoms with Crippen molar-refractivity contribution >= 4 is 35.6 Å². The Hall–Kier alpha value is -4.20. The second-order valence-electron chi connectivity index (χ2n) is 9.44. The second kappa shape index (κ2) is 16.6. The summed E-state index contributed by atoms with van der Waals surface area (Å²) in [4.78, 5) is 65.9. The Balaban J connectivity index is 3.09. The second-order valence-corrected chi connectivity index (χ2v) is 9.44. The summed E-state index contributed by atoms with van der Waals surface area (Å²) in [6, 6.07) is 4.29. The van der Waals surface area contributed by atoms with Crippen LogP contribution in [-0.4, -0.2) is 71.4 Å². The standard InChI is InChI=1S/C25H40N8O6/c1-14(2)20(27)23(37)33-18(13-15-7-4-3-5-8-15)22(36)31-16(10-11-19(26)34)21(35)32-17(24(38)39)9-6-12-30-25(28)29/h3-5,7-8,14,16-18,20H,6,9-13,27H2,1-2H3,(H2,26,34)(H,31,36)(H,32,35)(H,33,37)(H,38,39)(H4,28,29,30). The lowest BCUT2D eigenvalue weighted by atomic mass is 10.0. The van der Waals surface area contributed by atoms with Crippen molar-refractivity contribution in [2.45, 2.75) is 70.1 Å². The van der Waals surface area contributed by atoms with Crippen molar-refractivity contribution in [1.82, 2.24) is 16.0 Å². The third-order valence-corrected chi connectivity index (χ3v) is 5.81. The SMILES string of the molecule is CC(C)C(N)C(=O)NC(Cc1ccccc1)C(=O)NC(CCC(N)=O)C(=O)NC(CCCN=C(N)N)C(=O)O. The molecule has 4 amide bonds. The molecule has 1 aromatic rings. The number of guanidine groups is 1. The number of hydrogen-bond acceptors (Lipinski definition) is 7. The minimum Gasteiger partial charge on any atom is -0.480 e. The van der Waals surface area contributed by atoms with Crippen molar-refractivity contribution in [3.05, 3.63) is 35.9 Å². The van der Waals surface area contributed by atoms with Crippen LogP contribution in [0.3, 0.4) is 0 Å². The molecule has 0 radical (unpaired) electrons. The largest absolute Gasteiger partial charge is 0.480 e. The highest BCUT2D eigenvalue weighted by Gasteiger charge is 2.31. The summed E-state index contributed by atoms with van der Waals surface area (Å²) in [5, 5.41) is 17.1. The quantitative estimate of drug-likeness (QED) is 0.0611. The first-order chi connectivity index (χ1) is 18.3. The van der Waals surface area contributed by atoms with Gasteiger partial charge in [0.1, 0.15) is 18.1 Å². The van der Waals surface area contributed by atoms with Crippen molar-refractivity contribution in [2.24, 2.45) is 33.8 Å². The molecule has 0 heterocycles. The molecule has 1 rings (SSSR count). The molecule has 216 valence electrons. The molecule has 0 spiro atoms. The Bertz CT molecular complexity index is 1010. The van der Waals surface area contributed by atoms with Gasteiger partial charge in [-0.05, 0) is 30.7 Å². The van der Waals surface area contributed by atoms with Crippen molar-refractivity contribution < 1.29 is 29.1 Å². The molecule has 0 aliphatic rings. The number of carbonyl (C=O) groups is 5. The van der Waals surface area contributed by atoms with Crippen LogP contribution in [-0.2, 0) is 30.4 Å². The van der Waals surface area contributed by atoms with E-state index in [1.165, 1.54) is 0 Å². The summed E-state index contributed by atoms with van der Waals surface area (Å²) in [5.74, 6) is -4.46. The highest BCUT2D eigenvalue weighted by Crippen LogP contribution is 2.08. The van der Waals surface area contributed by atoms with Crippen LogP contribution in [0.15, 0.2) is 35.3 Å². The number of carbonyl (C=O) groups excluding carboxylic acids is 4. The van der Waals surface area contributed by atoms with Crippen molar-refractivity contribution in [3.63, 3.8) is 0 Å². The summed E-state index contributed by atoms with van der Waals surface area (Å²) in [5.41, 5.74) is 22.4. The molecule has 1 aromatic carbocycles. The number of carboxylic acid groups (broad SMARTS) is 1. The molecule has 4 atom stereocenters. The monoisotopic (exact) mass is 548 g/mol. The van der Waals surface area contributed by atoms with Crippen LogP contribution in [0.25, 0.3) is 0 Å². The highest BCUT2D eigenvalue weighted by molar-refractivity contribution is 5.94. The van der Waals surface area contributed by atoms with Gasteiger partial charge < -0.3 is 44.0 Å². The summed E-state index contributed by atoms with van der Waals surface area (Å²) in [6.45, 7) is 3.68. The number of aliphatic carboxylic acids is 1.